The molecule has 0 radical (unpaired) electrons. The summed E-state index contributed by atoms with van der Waals surface area (Å²) in [5, 5.41) is 2.60. The third-order valence-corrected chi connectivity index (χ3v) is 6.09. The Bertz CT molecular complexity index is 1820. The van der Waals surface area contributed by atoms with Gasteiger partial charge in [-0.15, -0.1) is 0 Å². The lowest BCUT2D eigenvalue weighted by Crippen LogP contribution is -2.19. The fourth-order valence-corrected chi connectivity index (χ4v) is 3.37. The number of nitrogens with two attached hydrogens (primary N) is 3. The van der Waals surface area contributed by atoms with E-state index < -0.39 is 11.9 Å². The van der Waals surface area contributed by atoms with E-state index in [2.05, 4.69) is 38.2 Å². The number of esters is 3. The molecule has 0 fully saturated rings. The van der Waals surface area contributed by atoms with Crippen molar-refractivity contribution in [2.75, 3.05) is 49.8 Å². The molecule has 0 spiro atoms. The Hall–Kier alpha value is -7.18. The first kappa shape index (κ1) is 47.8. The highest BCUT2D eigenvalue weighted by atomic mass is 16.5. The first-order chi connectivity index (χ1) is 26.1. The molecule has 4 aromatic carbocycles. The number of nitrogen functional groups attached to an aromatic ring is 3. The molecule has 7 N–H and O–H groups in total. The molecule has 0 aliphatic carbocycles. The van der Waals surface area contributed by atoms with Gasteiger partial charge in [0.05, 0.1) is 0 Å². The Kier molecular flexibility index (Phi) is 24.7. The van der Waals surface area contributed by atoms with Gasteiger partial charge in [-0.25, -0.2) is 14.4 Å². The Balaban J connectivity index is 0.000000673. The van der Waals surface area contributed by atoms with Crippen molar-refractivity contribution in [3.05, 3.63) is 159 Å². The van der Waals surface area contributed by atoms with E-state index in [0.717, 1.165) is 47.3 Å². The van der Waals surface area contributed by atoms with E-state index in [1.807, 2.05) is 67.5 Å². The van der Waals surface area contributed by atoms with Crippen LogP contribution in [0, 0.1) is 0 Å². The van der Waals surface area contributed by atoms with Gasteiger partial charge in [-0.1, -0.05) is 69.3 Å². The van der Waals surface area contributed by atoms with Crippen molar-refractivity contribution in [2.24, 2.45) is 0 Å². The van der Waals surface area contributed by atoms with Crippen LogP contribution in [0.3, 0.4) is 0 Å². The zero-order chi connectivity index (χ0) is 41.6. The van der Waals surface area contributed by atoms with Gasteiger partial charge < -0.3 is 41.6 Å². The minimum Gasteiger partial charge on any atom is -0.461 e. The molecule has 0 heterocycles. The molecule has 4 aromatic rings. The lowest BCUT2D eigenvalue weighted by atomic mass is 10.2. The second-order valence-electron chi connectivity index (χ2n) is 10.9. The van der Waals surface area contributed by atoms with Crippen LogP contribution in [0.2, 0.25) is 0 Å². The average molecular weight is 750 g/mol. The summed E-state index contributed by atoms with van der Waals surface area (Å²) in [4.78, 5) is 44.6. The number of carbonyl (C=O) groups excluding carboxylic acids is 4. The normalized spacial score (nSPS) is 9.09. The summed E-state index contributed by atoms with van der Waals surface area (Å²) in [6.45, 7) is 19.7. The summed E-state index contributed by atoms with van der Waals surface area (Å²) in [5.41, 5.74) is 21.4. The SMILES string of the molecule is C=CC(=O)OCCN(C)C.C=CC(=O)Oc1ccc(N)cc1.C=CC(=O)Oc1ccc(NC(C)=O)cc1.C=Cc1ccc(N)cc1.C=Cc1cccc(N)c1. The van der Waals surface area contributed by atoms with E-state index in [0.29, 0.717) is 29.5 Å². The maximum Gasteiger partial charge on any atom is 0.335 e. The molecule has 0 saturated heterocycles. The van der Waals surface area contributed by atoms with Gasteiger partial charge in [-0.2, -0.15) is 0 Å². The van der Waals surface area contributed by atoms with Gasteiger partial charge >= 0.3 is 17.9 Å². The van der Waals surface area contributed by atoms with Crippen LogP contribution in [0.1, 0.15) is 18.1 Å². The molecule has 0 aliphatic heterocycles. The highest BCUT2D eigenvalue weighted by Crippen LogP contribution is 2.16. The fraction of sp³-hybridized carbons (Fsp3) is 0.116. The summed E-state index contributed by atoms with van der Waals surface area (Å²) >= 11 is 0. The summed E-state index contributed by atoms with van der Waals surface area (Å²) in [6.07, 6.45) is 6.92. The van der Waals surface area contributed by atoms with E-state index in [1.165, 1.54) is 6.92 Å². The van der Waals surface area contributed by atoms with Crippen molar-refractivity contribution in [1.29, 1.82) is 0 Å². The van der Waals surface area contributed by atoms with Crippen molar-refractivity contribution < 1.29 is 33.4 Å². The van der Waals surface area contributed by atoms with Crippen LogP contribution in [-0.2, 0) is 23.9 Å². The molecule has 290 valence electrons. The molecule has 0 aliphatic rings. The van der Waals surface area contributed by atoms with E-state index in [9.17, 15) is 19.2 Å². The van der Waals surface area contributed by atoms with Gasteiger partial charge in [0.2, 0.25) is 5.91 Å². The Morgan fingerprint density at radius 3 is 1.45 bits per heavy atom. The van der Waals surface area contributed by atoms with Crippen molar-refractivity contribution in [3.63, 3.8) is 0 Å². The highest BCUT2D eigenvalue weighted by Gasteiger charge is 2.01. The maximum absolute atomic E-state index is 10.8. The number of nitrogens with one attached hydrogen (secondary N) is 1. The van der Waals surface area contributed by atoms with Gasteiger partial charge in [0, 0.05) is 54.4 Å². The number of nitrogens with zero attached hydrogens (tertiary/aromatic N) is 1. The molecule has 12 heteroatoms. The predicted octanol–water partition coefficient (Wildman–Crippen LogP) is 7.20. The maximum atomic E-state index is 10.8. The minimum absolute atomic E-state index is 0.147. The van der Waals surface area contributed by atoms with Crippen LogP contribution >= 0.6 is 0 Å². The van der Waals surface area contributed by atoms with Gasteiger partial charge in [-0.05, 0) is 98.0 Å². The fourth-order valence-electron chi connectivity index (χ4n) is 3.37. The second kappa shape index (κ2) is 28.4. The number of carbonyl (C=O) groups is 4. The van der Waals surface area contributed by atoms with Crippen molar-refractivity contribution >= 4 is 58.7 Å². The van der Waals surface area contributed by atoms with Crippen LogP contribution in [0.25, 0.3) is 12.2 Å². The Labute approximate surface area is 323 Å². The van der Waals surface area contributed by atoms with E-state index in [1.54, 1.807) is 60.7 Å². The molecule has 0 saturated carbocycles. The van der Waals surface area contributed by atoms with Crippen LogP contribution in [-0.4, -0.2) is 56.0 Å². The van der Waals surface area contributed by atoms with Crippen LogP contribution in [0.15, 0.2) is 148 Å². The van der Waals surface area contributed by atoms with E-state index in [4.69, 9.17) is 31.4 Å². The van der Waals surface area contributed by atoms with Crippen LogP contribution < -0.4 is 32.0 Å². The molecule has 55 heavy (non-hydrogen) atoms. The molecule has 4 rings (SSSR count). The zero-order valence-corrected chi connectivity index (χ0v) is 31.6. The van der Waals surface area contributed by atoms with Crippen molar-refractivity contribution in [3.8, 4) is 11.5 Å². The lowest BCUT2D eigenvalue weighted by molar-refractivity contribution is -0.138. The number of hydrogen-bond donors (Lipinski definition) is 4. The van der Waals surface area contributed by atoms with E-state index in [-0.39, 0.29) is 11.9 Å². The van der Waals surface area contributed by atoms with Crippen LogP contribution in [0.4, 0.5) is 22.7 Å². The summed E-state index contributed by atoms with van der Waals surface area (Å²) in [6, 6.07) is 28.2. The van der Waals surface area contributed by atoms with Crippen molar-refractivity contribution in [2.45, 2.75) is 6.92 Å². The predicted molar refractivity (Wildman–Crippen MR) is 225 cm³/mol. The topological polar surface area (TPSA) is 189 Å². The summed E-state index contributed by atoms with van der Waals surface area (Å²) in [7, 11) is 3.84. The monoisotopic (exact) mass is 749 g/mol. The number of ether oxygens (including phenoxy) is 3. The van der Waals surface area contributed by atoms with Gasteiger partial charge in [-0.3, -0.25) is 4.79 Å². The Morgan fingerprint density at radius 2 is 1.07 bits per heavy atom. The molecule has 0 atom stereocenters. The Morgan fingerprint density at radius 1 is 0.618 bits per heavy atom. The number of hydrogen-bond acceptors (Lipinski definition) is 11. The smallest absolute Gasteiger partial charge is 0.335 e. The first-order valence-corrected chi connectivity index (χ1v) is 16.5. The molecular weight excluding hydrogens is 699 g/mol. The third kappa shape index (κ3) is 25.4. The number of amides is 1. The molecule has 1 amide bonds. The standard InChI is InChI=1S/C11H11NO3.C9H9NO2.2C8H9N.C7H13NO2/c1-3-11(14)15-10-6-4-9(5-7-10)12-8(2)13;1-2-9(11)12-8-5-3-7(10)4-6-8;1-2-7-3-5-8(9)6-4-7;1-2-7-4-3-5-8(9)6-7;1-4-7(9)10-6-5-8(2)3/h3-7H,1H2,2H3,(H,12,13);2-6H,1,10H2;2*2-6H,1,9H2;4H,1,5-6H2,2-3H3. The summed E-state index contributed by atoms with van der Waals surface area (Å²) < 4.78 is 14.4. The number of likely N-dealkylation sites (N-methyl/N-ethyl adjacent to an activating group) is 1. The van der Waals surface area contributed by atoms with Crippen LogP contribution in [0.5, 0.6) is 11.5 Å². The molecule has 0 unspecified atom stereocenters. The molecule has 0 bridgehead atoms. The van der Waals surface area contributed by atoms with Crippen molar-refractivity contribution in [1.82, 2.24) is 4.90 Å². The quantitative estimate of drug-likeness (QED) is 0.0525. The molecule has 0 aromatic heterocycles. The number of rotatable bonds is 11. The number of benzene rings is 4. The molecule has 12 nitrogen and oxygen atoms in total. The highest BCUT2D eigenvalue weighted by molar-refractivity contribution is 5.89. The minimum atomic E-state index is -0.512. The van der Waals surface area contributed by atoms with Gasteiger partial charge in [0.15, 0.2) is 0 Å². The molecular formula is C43H51N5O7. The first-order valence-electron chi connectivity index (χ1n) is 16.5. The average Bonchev–Trinajstić information content (AvgIpc) is 3.17. The number of anilines is 4. The summed E-state index contributed by atoms with van der Waals surface area (Å²) in [5.74, 6) is -0.613. The third-order valence-electron chi connectivity index (χ3n) is 6.09. The second-order valence-corrected chi connectivity index (χ2v) is 10.9. The zero-order valence-electron chi connectivity index (χ0n) is 31.6. The lowest BCUT2D eigenvalue weighted by Gasteiger charge is -2.07. The van der Waals surface area contributed by atoms with Gasteiger partial charge in [0.25, 0.3) is 0 Å². The van der Waals surface area contributed by atoms with Gasteiger partial charge in [0.1, 0.15) is 18.1 Å². The van der Waals surface area contributed by atoms with E-state index >= 15 is 0 Å². The largest absolute Gasteiger partial charge is 0.461 e.